The van der Waals surface area contributed by atoms with Crippen LogP contribution < -0.4 is 10.9 Å². The number of nitrogens with one attached hydrogen (secondary N) is 1. The molecule has 0 aliphatic heterocycles. The molecule has 2 aromatic heterocycles. The predicted molar refractivity (Wildman–Crippen MR) is 111 cm³/mol. The van der Waals surface area contributed by atoms with Crippen molar-refractivity contribution in [1.82, 2.24) is 19.7 Å². The van der Waals surface area contributed by atoms with E-state index in [1.165, 1.54) is 11.1 Å². The maximum atomic E-state index is 13.2. The van der Waals surface area contributed by atoms with Crippen LogP contribution in [0.3, 0.4) is 0 Å². The summed E-state index contributed by atoms with van der Waals surface area (Å²) >= 11 is 0. The maximum absolute atomic E-state index is 13.2. The van der Waals surface area contributed by atoms with Gasteiger partial charge in [-0.3, -0.25) is 9.59 Å². The number of hydrogen-bond acceptors (Lipinski definition) is 3. The molecule has 0 spiro atoms. The van der Waals surface area contributed by atoms with E-state index in [1.54, 1.807) is 6.20 Å². The van der Waals surface area contributed by atoms with E-state index in [-0.39, 0.29) is 24.1 Å². The van der Waals surface area contributed by atoms with Gasteiger partial charge < -0.3 is 9.88 Å². The summed E-state index contributed by atoms with van der Waals surface area (Å²) < 4.78 is 3.36. The minimum atomic E-state index is -0.200. The van der Waals surface area contributed by atoms with Crippen LogP contribution in [0.15, 0.2) is 35.3 Å². The quantitative estimate of drug-likeness (QED) is 0.737. The first-order valence-electron chi connectivity index (χ1n) is 10.4. The summed E-state index contributed by atoms with van der Waals surface area (Å²) in [5.74, 6) is 0.350. The van der Waals surface area contributed by atoms with Crippen LogP contribution >= 0.6 is 0 Å². The van der Waals surface area contributed by atoms with Crippen LogP contribution in [-0.4, -0.2) is 26.3 Å². The van der Waals surface area contributed by atoms with E-state index in [4.69, 9.17) is 0 Å². The number of benzene rings is 1. The van der Waals surface area contributed by atoms with Crippen LogP contribution in [-0.2, 0) is 17.9 Å². The second kappa shape index (κ2) is 7.78. The lowest BCUT2D eigenvalue weighted by Crippen LogP contribution is -2.43. The zero-order valence-corrected chi connectivity index (χ0v) is 16.6. The van der Waals surface area contributed by atoms with Gasteiger partial charge in [-0.15, -0.1) is 0 Å². The summed E-state index contributed by atoms with van der Waals surface area (Å²) in [5.41, 5.74) is 1.47. The normalized spacial score (nSPS) is 19.9. The number of carbonyl (C=O) groups is 1. The van der Waals surface area contributed by atoms with E-state index in [2.05, 4.69) is 28.8 Å². The van der Waals surface area contributed by atoms with E-state index >= 15 is 0 Å². The monoisotopic (exact) mass is 380 g/mol. The van der Waals surface area contributed by atoms with Gasteiger partial charge in [0, 0.05) is 28.9 Å². The summed E-state index contributed by atoms with van der Waals surface area (Å²) in [7, 11) is 0. The van der Waals surface area contributed by atoms with E-state index in [9.17, 15) is 9.59 Å². The number of para-hydroxylation sites is 1. The van der Waals surface area contributed by atoms with E-state index in [0.717, 1.165) is 48.5 Å². The van der Waals surface area contributed by atoms with Gasteiger partial charge in [-0.05, 0) is 31.2 Å². The van der Waals surface area contributed by atoms with Gasteiger partial charge in [-0.1, -0.05) is 44.9 Å². The molecule has 0 saturated heterocycles. The van der Waals surface area contributed by atoms with Crippen LogP contribution in [0.2, 0.25) is 0 Å². The fourth-order valence-electron chi connectivity index (χ4n) is 4.48. The summed E-state index contributed by atoms with van der Waals surface area (Å²) in [5, 5.41) is 9.31. The van der Waals surface area contributed by atoms with Crippen molar-refractivity contribution in [3.05, 3.63) is 40.8 Å². The lowest BCUT2D eigenvalue weighted by Gasteiger charge is -2.29. The molecule has 1 fully saturated rings. The van der Waals surface area contributed by atoms with Gasteiger partial charge in [0.05, 0.1) is 6.20 Å². The molecule has 0 radical (unpaired) electrons. The van der Waals surface area contributed by atoms with Crippen molar-refractivity contribution in [1.29, 1.82) is 0 Å². The molecule has 1 amide bonds. The average molecular weight is 380 g/mol. The Morgan fingerprint density at radius 1 is 1.21 bits per heavy atom. The molecule has 0 bridgehead atoms. The third kappa shape index (κ3) is 3.32. The zero-order chi connectivity index (χ0) is 19.7. The van der Waals surface area contributed by atoms with E-state index in [0.29, 0.717) is 11.4 Å². The van der Waals surface area contributed by atoms with Gasteiger partial charge in [-0.2, -0.15) is 5.10 Å². The van der Waals surface area contributed by atoms with Crippen molar-refractivity contribution in [2.75, 3.05) is 0 Å². The molecule has 2 atom stereocenters. The van der Waals surface area contributed by atoms with Crippen LogP contribution in [0.1, 0.15) is 46.0 Å². The van der Waals surface area contributed by atoms with Gasteiger partial charge in [0.2, 0.25) is 5.91 Å². The van der Waals surface area contributed by atoms with Gasteiger partial charge in [0.25, 0.3) is 5.56 Å². The molecule has 1 aliphatic carbocycles. The van der Waals surface area contributed by atoms with Crippen molar-refractivity contribution in [3.63, 3.8) is 0 Å². The van der Waals surface area contributed by atoms with Crippen molar-refractivity contribution in [3.8, 4) is 0 Å². The number of amides is 1. The second-order valence-electron chi connectivity index (χ2n) is 7.97. The smallest absolute Gasteiger partial charge is 0.291 e. The number of aromatic nitrogens is 3. The first kappa shape index (κ1) is 18.7. The van der Waals surface area contributed by atoms with Gasteiger partial charge >= 0.3 is 0 Å². The molecule has 28 heavy (non-hydrogen) atoms. The Balaban J connectivity index is 1.67. The molecule has 1 saturated carbocycles. The molecular weight excluding hydrogens is 352 g/mol. The van der Waals surface area contributed by atoms with Crippen molar-refractivity contribution in [2.45, 2.75) is 65.1 Å². The molecule has 1 aromatic carbocycles. The Morgan fingerprint density at radius 3 is 2.79 bits per heavy atom. The molecule has 148 valence electrons. The highest BCUT2D eigenvalue weighted by atomic mass is 16.2. The largest absolute Gasteiger partial charge is 0.351 e. The van der Waals surface area contributed by atoms with Gasteiger partial charge in [0.1, 0.15) is 12.1 Å². The molecule has 2 heterocycles. The first-order chi connectivity index (χ1) is 13.6. The fourth-order valence-corrected chi connectivity index (χ4v) is 4.48. The lowest BCUT2D eigenvalue weighted by molar-refractivity contribution is -0.123. The maximum Gasteiger partial charge on any atom is 0.291 e. The van der Waals surface area contributed by atoms with Gasteiger partial charge in [0.15, 0.2) is 0 Å². The first-order valence-corrected chi connectivity index (χ1v) is 10.4. The van der Waals surface area contributed by atoms with Crippen molar-refractivity contribution in [2.24, 2.45) is 5.92 Å². The Morgan fingerprint density at radius 2 is 2.00 bits per heavy atom. The minimum absolute atomic E-state index is 0.0361. The number of rotatable bonds is 5. The summed E-state index contributed by atoms with van der Waals surface area (Å²) in [4.78, 5) is 25.8. The third-order valence-electron chi connectivity index (χ3n) is 5.97. The van der Waals surface area contributed by atoms with E-state index < -0.39 is 0 Å². The zero-order valence-electron chi connectivity index (χ0n) is 16.6. The minimum Gasteiger partial charge on any atom is -0.351 e. The van der Waals surface area contributed by atoms with Crippen LogP contribution in [0.4, 0.5) is 0 Å². The number of carbonyl (C=O) groups excluding carboxylic acids is 1. The van der Waals surface area contributed by atoms with Gasteiger partial charge in [-0.25, -0.2) is 4.68 Å². The summed E-state index contributed by atoms with van der Waals surface area (Å²) in [6.45, 7) is 5.00. The van der Waals surface area contributed by atoms with Crippen molar-refractivity contribution < 1.29 is 4.79 Å². The highest BCUT2D eigenvalue weighted by Crippen LogP contribution is 2.26. The third-order valence-corrected chi connectivity index (χ3v) is 5.97. The van der Waals surface area contributed by atoms with Crippen molar-refractivity contribution >= 4 is 27.7 Å². The molecule has 1 aliphatic rings. The van der Waals surface area contributed by atoms with Crippen LogP contribution in [0.5, 0.6) is 0 Å². The average Bonchev–Trinajstić information content (AvgIpc) is 3.01. The van der Waals surface area contributed by atoms with Crippen LogP contribution in [0, 0.1) is 5.92 Å². The molecule has 1 N–H and O–H groups in total. The molecule has 3 aromatic rings. The molecule has 6 nitrogen and oxygen atoms in total. The SMILES string of the molecule is CCCn1c2ccccc2c2cnn(CC(=O)N[C@H]3CCCC[C@H]3C)c(=O)c21. The Hall–Kier alpha value is -2.63. The summed E-state index contributed by atoms with van der Waals surface area (Å²) in [6.07, 6.45) is 7.19. The topological polar surface area (TPSA) is 68.9 Å². The highest BCUT2D eigenvalue weighted by molar-refractivity contribution is 6.07. The number of fused-ring (bicyclic) bond motifs is 3. The highest BCUT2D eigenvalue weighted by Gasteiger charge is 2.23. The lowest BCUT2D eigenvalue weighted by atomic mass is 9.86. The fraction of sp³-hybridized carbons (Fsp3) is 0.500. The Kier molecular flexibility index (Phi) is 5.20. The number of aryl methyl sites for hydroxylation is 1. The molecular formula is C22H28N4O2. The predicted octanol–water partition coefficient (Wildman–Crippen LogP) is 3.46. The molecule has 0 unspecified atom stereocenters. The van der Waals surface area contributed by atoms with E-state index in [1.807, 2.05) is 24.3 Å². The number of nitrogens with zero attached hydrogens (tertiary/aromatic N) is 3. The Labute approximate surface area is 164 Å². The summed E-state index contributed by atoms with van der Waals surface area (Å²) in [6, 6.07) is 8.21. The second-order valence-corrected chi connectivity index (χ2v) is 7.97. The molecule has 6 heteroatoms. The molecule has 4 rings (SSSR count). The van der Waals surface area contributed by atoms with Crippen LogP contribution in [0.25, 0.3) is 21.8 Å². The Bertz CT molecular complexity index is 1070. The standard InChI is InChI=1S/C22H28N4O2/c1-3-12-25-19-11-7-5-9-16(19)17-13-23-26(22(28)21(17)25)14-20(27)24-18-10-6-4-8-15(18)2/h5,7,9,11,13,15,18H,3-4,6,8,10,12,14H2,1-2H3,(H,24,27)/t15-,18+/m1/s1. The number of hydrogen-bond donors (Lipinski definition) is 1.